The average Bonchev–Trinajstić information content (AvgIpc) is 2.94. The van der Waals surface area contributed by atoms with Gasteiger partial charge in [-0.05, 0) is 66.6 Å². The van der Waals surface area contributed by atoms with E-state index in [4.69, 9.17) is 5.26 Å². The highest BCUT2D eigenvalue weighted by Gasteiger charge is 2.44. The summed E-state index contributed by atoms with van der Waals surface area (Å²) in [6, 6.07) is 15.0. The lowest BCUT2D eigenvalue weighted by Crippen LogP contribution is -2.53. The number of alkyl halides is 4. The van der Waals surface area contributed by atoms with Gasteiger partial charge in [-0.15, -0.1) is 11.8 Å². The average molecular weight is 601 g/mol. The maximum atomic E-state index is 14.7. The number of benzene rings is 3. The van der Waals surface area contributed by atoms with Gasteiger partial charge in [0.05, 0.1) is 23.7 Å². The molecule has 0 aliphatic heterocycles. The first-order valence-corrected chi connectivity index (χ1v) is 14.1. The third kappa shape index (κ3) is 9.04. The molecule has 0 aromatic heterocycles. The first kappa shape index (κ1) is 32.6. The Morgan fingerprint density at radius 1 is 0.952 bits per heavy atom. The molecule has 42 heavy (non-hydrogen) atoms. The van der Waals surface area contributed by atoms with Gasteiger partial charge in [-0.1, -0.05) is 42.5 Å². The summed E-state index contributed by atoms with van der Waals surface area (Å²) in [7, 11) is 0. The topological polar surface area (TPSA) is 88.7 Å². The van der Waals surface area contributed by atoms with Gasteiger partial charge in [-0.3, -0.25) is 10.1 Å². The van der Waals surface area contributed by atoms with Crippen LogP contribution in [0.3, 0.4) is 0 Å². The molecule has 0 saturated carbocycles. The predicted octanol–water partition coefficient (Wildman–Crippen LogP) is 7.04. The van der Waals surface area contributed by atoms with Crippen molar-refractivity contribution in [3.8, 4) is 23.3 Å². The first-order chi connectivity index (χ1) is 19.7. The molecule has 0 saturated heterocycles. The van der Waals surface area contributed by atoms with Crippen LogP contribution in [0, 0.1) is 28.5 Å². The number of carbonyl (C=O) groups is 1. The zero-order chi connectivity index (χ0) is 31.1. The Morgan fingerprint density at radius 2 is 1.55 bits per heavy atom. The number of hydrogen-bond acceptors (Lipinski definition) is 5. The summed E-state index contributed by atoms with van der Waals surface area (Å²) in [5.74, 6) is -1.81. The van der Waals surface area contributed by atoms with Crippen molar-refractivity contribution in [2.45, 2.75) is 61.6 Å². The number of nitrogens with zero attached hydrogens (tertiary/aromatic N) is 2. The number of halogens is 5. The van der Waals surface area contributed by atoms with E-state index >= 15 is 0 Å². The third-order valence-corrected chi connectivity index (χ3v) is 7.19. The van der Waals surface area contributed by atoms with Crippen LogP contribution in [0.15, 0.2) is 71.6 Å². The molecular weight excluding hydrogens is 571 g/mol. The fourth-order valence-corrected chi connectivity index (χ4v) is 4.76. The van der Waals surface area contributed by atoms with E-state index in [1.807, 2.05) is 30.5 Å². The minimum atomic E-state index is -4.85. The third-order valence-electron chi connectivity index (χ3n) is 6.45. The van der Waals surface area contributed by atoms with Gasteiger partial charge in [-0.2, -0.15) is 23.7 Å². The molecule has 11 heteroatoms. The summed E-state index contributed by atoms with van der Waals surface area (Å²) in [5.41, 5.74) is -0.639. The number of nitriles is 2. The van der Waals surface area contributed by atoms with Crippen LogP contribution in [0.25, 0.3) is 11.1 Å². The SMILES string of the molecule is CSc1ccc(-c2ccc([C@H](N[C@@H](CC(C)(C)F)C(=O)N[C@H](C#N)Cc3ccc(C#N)cc3F)C(F)(F)F)cc2)cc1. The molecule has 2 N–H and O–H groups in total. The Bertz CT molecular complexity index is 1460. The molecule has 3 rings (SSSR count). The molecule has 0 aliphatic rings. The highest BCUT2D eigenvalue weighted by molar-refractivity contribution is 7.98. The number of carbonyl (C=O) groups excluding carboxylic acids is 1. The molecule has 3 atom stereocenters. The molecule has 0 bridgehead atoms. The van der Waals surface area contributed by atoms with E-state index in [-0.39, 0.29) is 23.1 Å². The highest BCUT2D eigenvalue weighted by atomic mass is 32.2. The molecule has 0 unspecified atom stereocenters. The standard InChI is InChI=1S/C31H29F5N4OS/c1-30(2,33)16-27(29(41)39-24(18-38)15-23-5-4-19(17-37)14-26(23)32)40-28(31(34,35)36)22-8-6-20(7-9-22)21-10-12-25(42-3)13-11-21/h4-14,24,27-28,40H,15-16H2,1-3H3,(H,39,41)/t24-,27-,28-/m0/s1. The molecule has 220 valence electrons. The van der Waals surface area contributed by atoms with Gasteiger partial charge >= 0.3 is 6.18 Å². The molecule has 0 radical (unpaired) electrons. The van der Waals surface area contributed by atoms with Crippen LogP contribution in [0.4, 0.5) is 22.0 Å². The Hall–Kier alpha value is -3.93. The Morgan fingerprint density at radius 3 is 2.02 bits per heavy atom. The first-order valence-electron chi connectivity index (χ1n) is 12.9. The zero-order valence-electron chi connectivity index (χ0n) is 23.1. The van der Waals surface area contributed by atoms with Crippen LogP contribution >= 0.6 is 11.8 Å². The summed E-state index contributed by atoms with van der Waals surface area (Å²) in [5, 5.41) is 23.0. The molecule has 0 fully saturated rings. The summed E-state index contributed by atoms with van der Waals surface area (Å²) in [6.07, 6.45) is -3.86. The van der Waals surface area contributed by atoms with Crippen molar-refractivity contribution in [2.24, 2.45) is 0 Å². The molecule has 0 heterocycles. The van der Waals surface area contributed by atoms with Crippen molar-refractivity contribution in [2.75, 3.05) is 6.26 Å². The summed E-state index contributed by atoms with van der Waals surface area (Å²) < 4.78 is 71.9. The predicted molar refractivity (Wildman–Crippen MR) is 152 cm³/mol. The lowest BCUT2D eigenvalue weighted by Gasteiger charge is -2.30. The molecule has 0 aliphatic carbocycles. The van der Waals surface area contributed by atoms with E-state index in [0.29, 0.717) is 5.56 Å². The summed E-state index contributed by atoms with van der Waals surface area (Å²) >= 11 is 1.56. The van der Waals surface area contributed by atoms with Gasteiger partial charge < -0.3 is 5.32 Å². The van der Waals surface area contributed by atoms with E-state index in [1.165, 1.54) is 36.4 Å². The maximum absolute atomic E-state index is 14.7. The molecular formula is C31H29F5N4OS. The van der Waals surface area contributed by atoms with E-state index in [0.717, 1.165) is 30.4 Å². The number of thioether (sulfide) groups is 1. The number of hydrogen-bond donors (Lipinski definition) is 2. The smallest absolute Gasteiger partial charge is 0.339 e. The minimum absolute atomic E-state index is 0.0209. The van der Waals surface area contributed by atoms with Crippen molar-refractivity contribution in [3.05, 3.63) is 89.2 Å². The summed E-state index contributed by atoms with van der Waals surface area (Å²) in [6.45, 7) is 2.26. The molecule has 5 nitrogen and oxygen atoms in total. The highest BCUT2D eigenvalue weighted by Crippen LogP contribution is 2.35. The van der Waals surface area contributed by atoms with Crippen LogP contribution < -0.4 is 10.6 Å². The minimum Gasteiger partial charge on any atom is -0.339 e. The van der Waals surface area contributed by atoms with Crippen LogP contribution in [0.5, 0.6) is 0 Å². The van der Waals surface area contributed by atoms with Crippen LogP contribution in [-0.2, 0) is 11.2 Å². The molecule has 1 amide bonds. The maximum Gasteiger partial charge on any atom is 0.407 e. The lowest BCUT2D eigenvalue weighted by molar-refractivity contribution is -0.161. The Balaban J connectivity index is 1.84. The van der Waals surface area contributed by atoms with Crippen molar-refractivity contribution in [3.63, 3.8) is 0 Å². The van der Waals surface area contributed by atoms with Crippen LogP contribution in [0.2, 0.25) is 0 Å². The quantitative estimate of drug-likeness (QED) is 0.182. The van der Waals surface area contributed by atoms with Gasteiger partial charge in [0.15, 0.2) is 0 Å². The van der Waals surface area contributed by atoms with E-state index in [9.17, 15) is 32.0 Å². The van der Waals surface area contributed by atoms with E-state index in [1.54, 1.807) is 23.9 Å². The van der Waals surface area contributed by atoms with Crippen molar-refractivity contribution in [1.29, 1.82) is 10.5 Å². The van der Waals surface area contributed by atoms with E-state index in [2.05, 4.69) is 10.6 Å². The van der Waals surface area contributed by atoms with Crippen molar-refractivity contribution in [1.82, 2.24) is 10.6 Å². The fraction of sp³-hybridized carbons (Fsp3) is 0.323. The Labute approximate surface area is 245 Å². The number of nitrogens with one attached hydrogen (secondary N) is 2. The van der Waals surface area contributed by atoms with Gasteiger partial charge in [-0.25, -0.2) is 8.78 Å². The number of rotatable bonds is 11. The van der Waals surface area contributed by atoms with Crippen molar-refractivity contribution >= 4 is 17.7 Å². The molecule has 3 aromatic rings. The fourth-order valence-electron chi connectivity index (χ4n) is 4.35. The van der Waals surface area contributed by atoms with Gasteiger partial charge in [0, 0.05) is 17.7 Å². The van der Waals surface area contributed by atoms with E-state index < -0.39 is 48.1 Å². The second kappa shape index (κ2) is 13.8. The second-order valence-electron chi connectivity index (χ2n) is 10.3. The molecule has 0 spiro atoms. The van der Waals surface area contributed by atoms with Gasteiger partial charge in [0.1, 0.15) is 23.6 Å². The summed E-state index contributed by atoms with van der Waals surface area (Å²) in [4.78, 5) is 14.2. The zero-order valence-corrected chi connectivity index (χ0v) is 23.9. The molecule has 3 aromatic carbocycles. The second-order valence-corrected chi connectivity index (χ2v) is 11.2. The van der Waals surface area contributed by atoms with Gasteiger partial charge in [0.2, 0.25) is 5.91 Å². The van der Waals surface area contributed by atoms with Crippen LogP contribution in [0.1, 0.15) is 43.0 Å². The van der Waals surface area contributed by atoms with Crippen LogP contribution in [-0.4, -0.2) is 36.1 Å². The Kier molecular flexibility index (Phi) is 10.7. The monoisotopic (exact) mass is 600 g/mol. The normalized spacial score (nSPS) is 13.9. The lowest BCUT2D eigenvalue weighted by atomic mass is 9.96. The largest absolute Gasteiger partial charge is 0.407 e. The number of amides is 1. The van der Waals surface area contributed by atoms with Gasteiger partial charge in [0.25, 0.3) is 0 Å². The van der Waals surface area contributed by atoms with Crippen molar-refractivity contribution < 1.29 is 26.7 Å².